The summed E-state index contributed by atoms with van der Waals surface area (Å²) in [5.74, 6) is 0. The van der Waals surface area contributed by atoms with Gasteiger partial charge in [-0.2, -0.15) is 0 Å². The zero-order chi connectivity index (χ0) is 13.3. The Kier molecular flexibility index (Phi) is 3.63. The fraction of sp³-hybridized carbons (Fsp3) is 0.529. The summed E-state index contributed by atoms with van der Waals surface area (Å²) >= 11 is 0. The molecule has 0 bridgehead atoms. The van der Waals surface area contributed by atoms with E-state index >= 15 is 0 Å². The van der Waals surface area contributed by atoms with Crippen LogP contribution in [0.2, 0.25) is 0 Å². The first kappa shape index (κ1) is 13.1. The molecule has 2 aliphatic heterocycles. The Hall–Kier alpha value is -0.863. The van der Waals surface area contributed by atoms with Gasteiger partial charge in [0.05, 0.1) is 9.52 Å². The maximum Gasteiger partial charge on any atom is 0.0566 e. The summed E-state index contributed by atoms with van der Waals surface area (Å²) in [4.78, 5) is 2.61. The van der Waals surface area contributed by atoms with E-state index in [-0.39, 0.29) is 0 Å². The average molecular weight is 269 g/mol. The van der Waals surface area contributed by atoms with Crippen LogP contribution < -0.4 is 0 Å². The van der Waals surface area contributed by atoms with Crippen LogP contribution in [0.15, 0.2) is 35.9 Å². The molecule has 0 unspecified atom stereocenters. The molecule has 2 heterocycles. The molecule has 2 radical (unpaired) electrons. The lowest BCUT2D eigenvalue weighted by atomic mass is 9.86. The van der Waals surface area contributed by atoms with Crippen LogP contribution in [0.5, 0.6) is 0 Å². The predicted molar refractivity (Wildman–Crippen MR) is 82.7 cm³/mol. The Balaban J connectivity index is 1.69. The van der Waals surface area contributed by atoms with Crippen LogP contribution in [-0.2, 0) is 11.1 Å². The molecule has 0 aliphatic carbocycles. The number of hydrogen-bond donors (Lipinski definition) is 0. The number of benzene rings is 1. The van der Waals surface area contributed by atoms with E-state index in [0.717, 1.165) is 16.1 Å². The average Bonchev–Trinajstić information content (AvgIpc) is 2.78. The first-order chi connectivity index (χ1) is 9.20. The van der Waals surface area contributed by atoms with Gasteiger partial charge in [0.1, 0.15) is 0 Å². The highest BCUT2D eigenvalue weighted by atomic mass is 28.2. The van der Waals surface area contributed by atoms with Crippen molar-refractivity contribution in [3.8, 4) is 0 Å². The topological polar surface area (TPSA) is 3.24 Å². The van der Waals surface area contributed by atoms with Gasteiger partial charge in [-0.3, -0.25) is 4.90 Å². The Morgan fingerprint density at radius 3 is 2.74 bits per heavy atom. The summed E-state index contributed by atoms with van der Waals surface area (Å²) in [6.45, 7) is 8.07. The third kappa shape index (κ3) is 2.56. The second kappa shape index (κ2) is 5.26. The molecule has 1 saturated heterocycles. The molecule has 1 aromatic carbocycles. The molecule has 1 fully saturated rings. The second-order valence-electron chi connectivity index (χ2n) is 6.17. The molecule has 1 spiro atoms. The molecular weight excluding hydrogens is 246 g/mol. The lowest BCUT2D eigenvalue weighted by Crippen LogP contribution is -2.44. The van der Waals surface area contributed by atoms with Gasteiger partial charge < -0.3 is 0 Å². The van der Waals surface area contributed by atoms with Crippen LogP contribution in [0.3, 0.4) is 0 Å². The van der Waals surface area contributed by atoms with Gasteiger partial charge in [0.2, 0.25) is 0 Å². The van der Waals surface area contributed by atoms with Crippen LogP contribution in [-0.4, -0.2) is 34.1 Å². The molecule has 100 valence electrons. The van der Waals surface area contributed by atoms with Crippen molar-refractivity contribution in [2.45, 2.75) is 37.8 Å². The van der Waals surface area contributed by atoms with Gasteiger partial charge in [-0.15, -0.1) is 0 Å². The molecule has 0 saturated carbocycles. The van der Waals surface area contributed by atoms with Crippen LogP contribution in [0.1, 0.15) is 37.8 Å². The number of piperidine rings is 1. The van der Waals surface area contributed by atoms with Gasteiger partial charge in [-0.1, -0.05) is 35.9 Å². The van der Waals surface area contributed by atoms with Gasteiger partial charge in [0, 0.05) is 6.54 Å². The Labute approximate surface area is 119 Å². The maximum absolute atomic E-state index is 2.61. The van der Waals surface area contributed by atoms with Crippen LogP contribution in [0.4, 0.5) is 0 Å². The number of likely N-dealkylation sites (tertiary alicyclic amines) is 1. The van der Waals surface area contributed by atoms with Gasteiger partial charge in [-0.25, -0.2) is 0 Å². The van der Waals surface area contributed by atoms with Crippen molar-refractivity contribution in [2.75, 3.05) is 19.6 Å². The van der Waals surface area contributed by atoms with Crippen LogP contribution in [0, 0.1) is 0 Å². The van der Waals surface area contributed by atoms with Crippen LogP contribution in [0.25, 0.3) is 0 Å². The predicted octanol–water partition coefficient (Wildman–Crippen LogP) is 3.16. The summed E-state index contributed by atoms with van der Waals surface area (Å²) in [7, 11) is 1.11. The minimum Gasteiger partial charge on any atom is -0.300 e. The molecule has 2 aliphatic rings. The van der Waals surface area contributed by atoms with Gasteiger partial charge >= 0.3 is 0 Å². The number of hydrogen-bond acceptors (Lipinski definition) is 1. The summed E-state index contributed by atoms with van der Waals surface area (Å²) in [6, 6.07) is 10.5. The van der Waals surface area contributed by atoms with E-state index in [1.54, 1.807) is 11.1 Å². The molecule has 0 atom stereocenters. The first-order valence-electron chi connectivity index (χ1n) is 7.39. The lowest BCUT2D eigenvalue weighted by molar-refractivity contribution is 0.214. The van der Waals surface area contributed by atoms with E-state index in [0.29, 0.717) is 5.04 Å². The van der Waals surface area contributed by atoms with Crippen molar-refractivity contribution in [1.29, 1.82) is 0 Å². The first-order valence-corrected chi connectivity index (χ1v) is 8.59. The molecule has 19 heavy (non-hydrogen) atoms. The highest BCUT2D eigenvalue weighted by Crippen LogP contribution is 2.41. The standard InChI is InChI=1S/C17H23NSi/c1-14(2)7-10-18-11-8-17(9-12-18)16-6-4-3-5-15(16)13-19-17/h3-7H,8-13H2,1-2H3. The zero-order valence-corrected chi connectivity index (χ0v) is 13.1. The molecule has 3 rings (SSSR count). The second-order valence-corrected chi connectivity index (χ2v) is 7.84. The van der Waals surface area contributed by atoms with E-state index in [1.807, 2.05) is 0 Å². The highest BCUT2D eigenvalue weighted by molar-refractivity contribution is 6.42. The third-order valence-corrected chi connectivity index (χ3v) is 6.62. The fourth-order valence-electron chi connectivity index (χ4n) is 3.38. The highest BCUT2D eigenvalue weighted by Gasteiger charge is 2.41. The number of allylic oxidation sites excluding steroid dienone is 1. The summed E-state index contributed by atoms with van der Waals surface area (Å²) in [5, 5.41) is 0.540. The molecule has 1 nitrogen and oxygen atoms in total. The monoisotopic (exact) mass is 269 g/mol. The summed E-state index contributed by atoms with van der Waals surface area (Å²) < 4.78 is 0. The van der Waals surface area contributed by atoms with Crippen molar-refractivity contribution in [1.82, 2.24) is 4.90 Å². The smallest absolute Gasteiger partial charge is 0.0566 e. The fourth-order valence-corrected chi connectivity index (χ4v) is 5.22. The van der Waals surface area contributed by atoms with E-state index in [4.69, 9.17) is 0 Å². The molecular formula is C17H23NSi. The lowest BCUT2D eigenvalue weighted by Gasteiger charge is -2.39. The van der Waals surface area contributed by atoms with E-state index in [2.05, 4.69) is 49.1 Å². The van der Waals surface area contributed by atoms with Crippen molar-refractivity contribution < 1.29 is 0 Å². The maximum atomic E-state index is 2.61. The van der Waals surface area contributed by atoms with Crippen molar-refractivity contribution in [3.63, 3.8) is 0 Å². The summed E-state index contributed by atoms with van der Waals surface area (Å²) in [6.07, 6.45) is 5.08. The van der Waals surface area contributed by atoms with E-state index < -0.39 is 0 Å². The molecule has 0 N–H and O–H groups in total. The van der Waals surface area contributed by atoms with Gasteiger partial charge in [0.25, 0.3) is 0 Å². The quantitative estimate of drug-likeness (QED) is 0.589. The Morgan fingerprint density at radius 2 is 2.00 bits per heavy atom. The minimum absolute atomic E-state index is 0.540. The number of fused-ring (bicyclic) bond motifs is 2. The minimum atomic E-state index is 0.540. The number of nitrogens with zero attached hydrogens (tertiary/aromatic N) is 1. The zero-order valence-electron chi connectivity index (χ0n) is 12.1. The van der Waals surface area contributed by atoms with E-state index in [1.165, 1.54) is 37.5 Å². The van der Waals surface area contributed by atoms with Crippen LogP contribution >= 0.6 is 0 Å². The largest absolute Gasteiger partial charge is 0.300 e. The Morgan fingerprint density at radius 1 is 1.26 bits per heavy atom. The van der Waals surface area contributed by atoms with E-state index in [9.17, 15) is 0 Å². The van der Waals surface area contributed by atoms with Gasteiger partial charge in [-0.05, 0) is 62.0 Å². The van der Waals surface area contributed by atoms with Crippen molar-refractivity contribution in [2.24, 2.45) is 0 Å². The van der Waals surface area contributed by atoms with Gasteiger partial charge in [0.15, 0.2) is 0 Å². The molecule has 1 aromatic rings. The summed E-state index contributed by atoms with van der Waals surface area (Å²) in [5.41, 5.74) is 4.74. The molecule has 0 aromatic heterocycles. The number of rotatable bonds is 2. The molecule has 0 amide bonds. The van der Waals surface area contributed by atoms with Crippen molar-refractivity contribution >= 4 is 9.52 Å². The molecule has 2 heteroatoms. The normalized spacial score (nSPS) is 21.4. The third-order valence-electron chi connectivity index (χ3n) is 4.62. The SMILES string of the molecule is CC(C)=CCN1CCC2(CC1)[Si]Cc1ccccc12. The van der Waals surface area contributed by atoms with Crippen molar-refractivity contribution in [3.05, 3.63) is 47.0 Å². The Bertz CT molecular complexity index is 480.